The lowest BCUT2D eigenvalue weighted by atomic mass is 9.94. The zero-order valence-corrected chi connectivity index (χ0v) is 18.9. The van der Waals surface area contributed by atoms with E-state index in [0.29, 0.717) is 23.6 Å². The summed E-state index contributed by atoms with van der Waals surface area (Å²) in [5.74, 6) is 1.30. The normalized spacial score (nSPS) is 14.8. The second kappa shape index (κ2) is 8.39. The molecule has 2 aromatic carbocycles. The van der Waals surface area contributed by atoms with Crippen LogP contribution in [0.5, 0.6) is 0 Å². The summed E-state index contributed by atoms with van der Waals surface area (Å²) in [7, 11) is 0. The summed E-state index contributed by atoms with van der Waals surface area (Å²) in [5.41, 5.74) is 12.5. The largest absolute Gasteiger partial charge is 0.398 e. The number of hydrogen-bond acceptors (Lipinski definition) is 5. The Morgan fingerprint density at radius 3 is 2.67 bits per heavy atom. The first-order valence-electron chi connectivity index (χ1n) is 11.5. The number of nitrogens with one attached hydrogen (secondary N) is 2. The number of benzene rings is 2. The van der Waals surface area contributed by atoms with E-state index >= 15 is 0 Å². The van der Waals surface area contributed by atoms with Crippen molar-refractivity contribution in [2.45, 2.75) is 39.3 Å². The van der Waals surface area contributed by atoms with Crippen molar-refractivity contribution >= 4 is 11.4 Å². The van der Waals surface area contributed by atoms with Gasteiger partial charge in [-0.15, -0.1) is 0 Å². The molecule has 7 heteroatoms. The molecule has 3 heterocycles. The topological polar surface area (TPSA) is 85.0 Å². The molecule has 3 aromatic rings. The molecule has 1 fully saturated rings. The highest BCUT2D eigenvalue weighted by molar-refractivity contribution is 6.12. The Morgan fingerprint density at radius 2 is 2.00 bits per heavy atom. The van der Waals surface area contributed by atoms with E-state index in [2.05, 4.69) is 33.3 Å². The predicted octanol–water partition coefficient (Wildman–Crippen LogP) is 4.66. The average Bonchev–Trinajstić information content (AvgIpc) is 3.33. The molecular weight excluding hydrogens is 415 g/mol. The van der Waals surface area contributed by atoms with Gasteiger partial charge in [-0.25, -0.2) is 9.37 Å². The number of nitrogens with two attached hydrogens (primary N) is 1. The molecule has 0 aliphatic carbocycles. The molecule has 6 nitrogen and oxygen atoms in total. The van der Waals surface area contributed by atoms with Crippen LogP contribution in [-0.2, 0) is 19.5 Å². The SMILES string of the molecule is C=C(N1CCC1)N1Cc2nc(C(=N)c3ccc(-c4cc(F)ccc4CCC)cc3N)[nH]c2C1. The number of aromatic nitrogens is 2. The zero-order valence-electron chi connectivity index (χ0n) is 18.9. The van der Waals surface area contributed by atoms with Gasteiger partial charge in [-0.05, 0) is 47.7 Å². The minimum absolute atomic E-state index is 0.259. The Kier molecular flexibility index (Phi) is 5.40. The fraction of sp³-hybridized carbons (Fsp3) is 0.308. The first-order valence-corrected chi connectivity index (χ1v) is 11.5. The molecule has 4 N–H and O–H groups in total. The minimum atomic E-state index is -0.267. The highest BCUT2D eigenvalue weighted by Gasteiger charge is 2.29. The fourth-order valence-electron chi connectivity index (χ4n) is 4.60. The third kappa shape index (κ3) is 3.88. The zero-order chi connectivity index (χ0) is 23.1. The summed E-state index contributed by atoms with van der Waals surface area (Å²) in [6.45, 7) is 9.88. The van der Waals surface area contributed by atoms with Crippen molar-refractivity contribution in [2.24, 2.45) is 0 Å². The first kappa shape index (κ1) is 21.2. The molecule has 0 unspecified atom stereocenters. The molecule has 2 aliphatic heterocycles. The first-order chi connectivity index (χ1) is 15.9. The molecule has 2 aliphatic rings. The van der Waals surface area contributed by atoms with Crippen LogP contribution in [-0.4, -0.2) is 38.6 Å². The molecule has 0 radical (unpaired) electrons. The molecule has 33 heavy (non-hydrogen) atoms. The average molecular weight is 445 g/mol. The third-order valence-corrected chi connectivity index (χ3v) is 6.60. The van der Waals surface area contributed by atoms with Crippen LogP contribution in [0.2, 0.25) is 0 Å². The fourth-order valence-corrected chi connectivity index (χ4v) is 4.60. The maximum Gasteiger partial charge on any atom is 0.156 e. The van der Waals surface area contributed by atoms with Gasteiger partial charge in [0.2, 0.25) is 0 Å². The van der Waals surface area contributed by atoms with Crippen molar-refractivity contribution in [1.82, 2.24) is 19.8 Å². The van der Waals surface area contributed by atoms with Crippen LogP contribution in [0.1, 0.15) is 48.1 Å². The maximum absolute atomic E-state index is 13.9. The number of aromatic amines is 1. The summed E-state index contributed by atoms with van der Waals surface area (Å²) in [5, 5.41) is 8.71. The predicted molar refractivity (Wildman–Crippen MR) is 129 cm³/mol. The maximum atomic E-state index is 13.9. The highest BCUT2D eigenvalue weighted by Crippen LogP contribution is 2.31. The molecule has 1 aromatic heterocycles. The number of fused-ring (bicyclic) bond motifs is 1. The lowest BCUT2D eigenvalue weighted by Gasteiger charge is -2.38. The molecule has 0 bridgehead atoms. The van der Waals surface area contributed by atoms with E-state index in [9.17, 15) is 4.39 Å². The molecule has 170 valence electrons. The van der Waals surface area contributed by atoms with Crippen LogP contribution in [0.3, 0.4) is 0 Å². The second-order valence-corrected chi connectivity index (χ2v) is 8.85. The second-order valence-electron chi connectivity index (χ2n) is 8.85. The van der Waals surface area contributed by atoms with E-state index in [1.807, 2.05) is 24.3 Å². The van der Waals surface area contributed by atoms with Crippen LogP contribution in [0.4, 0.5) is 10.1 Å². The van der Waals surface area contributed by atoms with Crippen molar-refractivity contribution in [3.8, 4) is 11.1 Å². The molecular formula is C26H29FN6. The van der Waals surface area contributed by atoms with E-state index in [-0.39, 0.29) is 11.5 Å². The summed E-state index contributed by atoms with van der Waals surface area (Å²) >= 11 is 0. The number of aryl methyl sites for hydroxylation is 1. The number of nitrogen functional groups attached to an aromatic ring is 1. The van der Waals surface area contributed by atoms with Gasteiger partial charge in [0.05, 0.1) is 30.3 Å². The Bertz CT molecular complexity index is 1220. The number of imidazole rings is 1. The number of rotatable bonds is 7. The van der Waals surface area contributed by atoms with Crippen LogP contribution >= 0.6 is 0 Å². The van der Waals surface area contributed by atoms with Gasteiger partial charge in [-0.1, -0.05) is 38.1 Å². The summed E-state index contributed by atoms with van der Waals surface area (Å²) < 4.78 is 13.9. The molecule has 0 saturated carbocycles. The van der Waals surface area contributed by atoms with Crippen molar-refractivity contribution < 1.29 is 4.39 Å². The van der Waals surface area contributed by atoms with Gasteiger partial charge in [0.25, 0.3) is 0 Å². The standard InChI is InChI=1S/C26H29FN6/c1-3-5-17-6-8-19(27)13-21(17)18-7-9-20(22(28)12-18)25(29)26-30-23-14-33(15-24(23)31-26)16(2)32-10-4-11-32/h6-9,12-13,29H,2-5,10-11,14-15,28H2,1H3,(H,30,31). The van der Waals surface area contributed by atoms with Crippen molar-refractivity contribution in [3.05, 3.63) is 83.0 Å². The van der Waals surface area contributed by atoms with Crippen LogP contribution in [0.15, 0.2) is 48.8 Å². The van der Waals surface area contributed by atoms with E-state index in [4.69, 9.17) is 11.1 Å². The van der Waals surface area contributed by atoms with Gasteiger partial charge in [0.1, 0.15) is 11.5 Å². The Balaban J connectivity index is 1.36. The van der Waals surface area contributed by atoms with Gasteiger partial charge in [0, 0.05) is 24.3 Å². The lowest BCUT2D eigenvalue weighted by molar-refractivity contribution is 0.152. The molecule has 5 rings (SSSR count). The van der Waals surface area contributed by atoms with Crippen LogP contribution < -0.4 is 5.73 Å². The van der Waals surface area contributed by atoms with Gasteiger partial charge in [0.15, 0.2) is 5.82 Å². The van der Waals surface area contributed by atoms with E-state index in [1.165, 1.54) is 12.5 Å². The van der Waals surface area contributed by atoms with Gasteiger partial charge in [-0.2, -0.15) is 0 Å². The minimum Gasteiger partial charge on any atom is -0.398 e. The third-order valence-electron chi connectivity index (χ3n) is 6.60. The molecule has 0 spiro atoms. The molecule has 1 saturated heterocycles. The Labute approximate surface area is 193 Å². The monoisotopic (exact) mass is 444 g/mol. The summed E-state index contributed by atoms with van der Waals surface area (Å²) in [6, 6.07) is 10.5. The van der Waals surface area contributed by atoms with Gasteiger partial charge >= 0.3 is 0 Å². The smallest absolute Gasteiger partial charge is 0.156 e. The van der Waals surface area contributed by atoms with E-state index in [1.54, 1.807) is 6.07 Å². The quantitative estimate of drug-likeness (QED) is 0.366. The van der Waals surface area contributed by atoms with Crippen molar-refractivity contribution in [2.75, 3.05) is 18.8 Å². The number of halogens is 1. The van der Waals surface area contributed by atoms with E-state index in [0.717, 1.165) is 66.4 Å². The lowest BCUT2D eigenvalue weighted by Crippen LogP contribution is -2.41. The Morgan fingerprint density at radius 1 is 1.18 bits per heavy atom. The number of nitrogens with zero attached hydrogens (tertiary/aromatic N) is 3. The van der Waals surface area contributed by atoms with Gasteiger partial charge in [-0.3, -0.25) is 5.41 Å². The van der Waals surface area contributed by atoms with Crippen molar-refractivity contribution in [3.63, 3.8) is 0 Å². The summed E-state index contributed by atoms with van der Waals surface area (Å²) in [4.78, 5) is 12.5. The number of H-pyrrole nitrogens is 1. The number of likely N-dealkylation sites (tertiary alicyclic amines) is 1. The highest BCUT2D eigenvalue weighted by atomic mass is 19.1. The summed E-state index contributed by atoms with van der Waals surface area (Å²) in [6.07, 6.45) is 3.06. The number of anilines is 1. The van der Waals surface area contributed by atoms with Crippen LogP contribution in [0.25, 0.3) is 11.1 Å². The van der Waals surface area contributed by atoms with Crippen molar-refractivity contribution in [1.29, 1.82) is 5.41 Å². The van der Waals surface area contributed by atoms with Crippen LogP contribution in [0, 0.1) is 11.2 Å². The molecule has 0 atom stereocenters. The van der Waals surface area contributed by atoms with E-state index < -0.39 is 0 Å². The molecule has 0 amide bonds. The van der Waals surface area contributed by atoms with Gasteiger partial charge < -0.3 is 20.5 Å². The Hall–Kier alpha value is -3.61. The number of hydrogen-bond donors (Lipinski definition) is 3.